The summed E-state index contributed by atoms with van der Waals surface area (Å²) in [6.07, 6.45) is -3.64. The second-order valence-corrected chi connectivity index (χ2v) is 2.72. The quantitative estimate of drug-likeness (QED) is 0.831. The number of nitrogens with zero attached hydrogens (tertiary/aromatic N) is 1. The second kappa shape index (κ2) is 4.25. The number of hydrogen-bond acceptors (Lipinski definition) is 4. The van der Waals surface area contributed by atoms with Crippen LogP contribution in [0.25, 0.3) is 0 Å². The number of carbonyl (C=O) groups is 1. The lowest BCUT2D eigenvalue weighted by Crippen LogP contribution is -2.19. The number of aromatic nitrogens is 1. The second-order valence-electron chi connectivity index (χ2n) is 2.72. The number of pyridine rings is 1. The van der Waals surface area contributed by atoms with Crippen molar-refractivity contribution in [2.45, 2.75) is 6.18 Å². The molecule has 16 heavy (non-hydrogen) atoms. The minimum Gasteiger partial charge on any atom is -0.503 e. The summed E-state index contributed by atoms with van der Waals surface area (Å²) in [6, 6.07) is 0.938. The molecule has 1 aromatic rings. The van der Waals surface area contributed by atoms with Gasteiger partial charge in [-0.2, -0.15) is 13.2 Å². The van der Waals surface area contributed by atoms with E-state index in [-0.39, 0.29) is 0 Å². The number of halogens is 3. The molecule has 5 nitrogen and oxygen atoms in total. The van der Waals surface area contributed by atoms with E-state index < -0.39 is 35.9 Å². The number of hydrogen-bond donors (Lipinski definition) is 2. The highest BCUT2D eigenvalue weighted by Crippen LogP contribution is 2.29. The smallest absolute Gasteiger partial charge is 0.422 e. The molecule has 1 rings (SSSR count). The van der Waals surface area contributed by atoms with Gasteiger partial charge in [-0.3, -0.25) is 0 Å². The zero-order valence-electron chi connectivity index (χ0n) is 7.65. The summed E-state index contributed by atoms with van der Waals surface area (Å²) < 4.78 is 39.6. The Kier molecular flexibility index (Phi) is 3.21. The third kappa shape index (κ3) is 3.01. The molecule has 1 heterocycles. The third-order valence-corrected chi connectivity index (χ3v) is 1.48. The van der Waals surface area contributed by atoms with Gasteiger partial charge in [-0.15, -0.1) is 0 Å². The van der Waals surface area contributed by atoms with Crippen molar-refractivity contribution < 1.29 is 32.9 Å². The Morgan fingerprint density at radius 1 is 1.50 bits per heavy atom. The van der Waals surface area contributed by atoms with Gasteiger partial charge < -0.3 is 14.9 Å². The van der Waals surface area contributed by atoms with Gasteiger partial charge >= 0.3 is 12.1 Å². The Labute approximate surface area is 87.1 Å². The molecule has 0 aliphatic rings. The number of alkyl halides is 3. The molecule has 0 atom stereocenters. The van der Waals surface area contributed by atoms with Gasteiger partial charge in [0.05, 0.1) is 0 Å². The minimum atomic E-state index is -4.57. The van der Waals surface area contributed by atoms with E-state index in [2.05, 4.69) is 9.72 Å². The first kappa shape index (κ1) is 12.1. The van der Waals surface area contributed by atoms with E-state index in [1.54, 1.807) is 0 Å². The maximum absolute atomic E-state index is 11.8. The van der Waals surface area contributed by atoms with Crippen molar-refractivity contribution in [1.82, 2.24) is 4.98 Å². The first-order chi connectivity index (χ1) is 7.31. The van der Waals surface area contributed by atoms with E-state index in [1.807, 2.05) is 0 Å². The zero-order valence-corrected chi connectivity index (χ0v) is 7.65. The molecule has 0 saturated heterocycles. The summed E-state index contributed by atoms with van der Waals surface area (Å²) in [5.41, 5.74) is -0.764. The highest BCUT2D eigenvalue weighted by Gasteiger charge is 2.29. The van der Waals surface area contributed by atoms with Crippen molar-refractivity contribution in [3.63, 3.8) is 0 Å². The van der Waals surface area contributed by atoms with E-state index in [0.29, 0.717) is 0 Å². The zero-order chi connectivity index (χ0) is 12.3. The Hall–Kier alpha value is -1.99. The number of carboxylic acids is 1. The molecule has 8 heteroatoms. The van der Waals surface area contributed by atoms with Gasteiger partial charge in [0, 0.05) is 12.3 Å². The van der Waals surface area contributed by atoms with Crippen molar-refractivity contribution in [1.29, 1.82) is 0 Å². The molecular formula is C8H6F3NO4. The molecule has 0 bridgehead atoms. The van der Waals surface area contributed by atoms with Crippen LogP contribution in [0.2, 0.25) is 0 Å². The Balaban J connectivity index is 2.90. The highest BCUT2D eigenvalue weighted by atomic mass is 19.4. The summed E-state index contributed by atoms with van der Waals surface area (Å²) in [5.74, 6) is -3.07. The molecule has 0 unspecified atom stereocenters. The third-order valence-electron chi connectivity index (χ3n) is 1.48. The van der Waals surface area contributed by atoms with Gasteiger partial charge in [-0.25, -0.2) is 9.78 Å². The molecule has 0 aliphatic heterocycles. The summed E-state index contributed by atoms with van der Waals surface area (Å²) >= 11 is 0. The van der Waals surface area contributed by atoms with Crippen LogP contribution in [0.4, 0.5) is 13.2 Å². The van der Waals surface area contributed by atoms with Gasteiger partial charge in [-0.05, 0) is 0 Å². The van der Waals surface area contributed by atoms with Crippen LogP contribution in [0.3, 0.4) is 0 Å². The number of ether oxygens (including phenoxy) is 1. The van der Waals surface area contributed by atoms with E-state index in [0.717, 1.165) is 12.3 Å². The number of aromatic carboxylic acids is 1. The Morgan fingerprint density at radius 3 is 2.62 bits per heavy atom. The summed E-state index contributed by atoms with van der Waals surface area (Å²) in [5, 5.41) is 17.7. The number of rotatable bonds is 3. The molecule has 0 spiro atoms. The van der Waals surface area contributed by atoms with Crippen molar-refractivity contribution >= 4 is 5.97 Å². The molecule has 88 valence electrons. The topological polar surface area (TPSA) is 79.7 Å². The van der Waals surface area contributed by atoms with Crippen molar-refractivity contribution in [3.8, 4) is 11.5 Å². The average molecular weight is 237 g/mol. The predicted molar refractivity (Wildman–Crippen MR) is 44.4 cm³/mol. The standard InChI is InChI=1S/C8H6F3NO4/c9-8(10,11)3-16-4-1-2-12-5(6(4)13)7(14)15/h1-2,13H,3H2,(H,14,15). The Morgan fingerprint density at radius 2 is 2.12 bits per heavy atom. The first-order valence-electron chi connectivity index (χ1n) is 3.92. The van der Waals surface area contributed by atoms with Crippen LogP contribution in [-0.2, 0) is 0 Å². The molecule has 2 N–H and O–H groups in total. The SMILES string of the molecule is O=C(O)c1nccc(OCC(F)(F)F)c1O. The van der Waals surface area contributed by atoms with Crippen LogP contribution in [-0.4, -0.2) is 33.9 Å². The largest absolute Gasteiger partial charge is 0.503 e. The van der Waals surface area contributed by atoms with Crippen LogP contribution >= 0.6 is 0 Å². The molecule has 0 radical (unpaired) electrons. The van der Waals surface area contributed by atoms with E-state index in [4.69, 9.17) is 5.11 Å². The number of carboxylic acid groups (broad SMARTS) is 1. The van der Waals surface area contributed by atoms with Gasteiger partial charge in [0.1, 0.15) is 0 Å². The molecule has 0 aromatic carbocycles. The molecule has 0 fully saturated rings. The minimum absolute atomic E-state index is 0.579. The average Bonchev–Trinajstić information content (AvgIpc) is 2.14. The fourth-order valence-electron chi connectivity index (χ4n) is 0.869. The fraction of sp³-hybridized carbons (Fsp3) is 0.250. The van der Waals surface area contributed by atoms with Crippen LogP contribution < -0.4 is 4.74 Å². The molecular weight excluding hydrogens is 231 g/mol. The van der Waals surface area contributed by atoms with Crippen LogP contribution in [0, 0.1) is 0 Å². The maximum atomic E-state index is 11.8. The summed E-state index contributed by atoms with van der Waals surface area (Å²) in [6.45, 7) is -1.62. The summed E-state index contributed by atoms with van der Waals surface area (Å²) in [7, 11) is 0. The van der Waals surface area contributed by atoms with E-state index in [1.165, 1.54) is 0 Å². The van der Waals surface area contributed by atoms with Crippen LogP contribution in [0.15, 0.2) is 12.3 Å². The van der Waals surface area contributed by atoms with E-state index >= 15 is 0 Å². The van der Waals surface area contributed by atoms with Gasteiger partial charge in [0.15, 0.2) is 23.8 Å². The fourth-order valence-corrected chi connectivity index (χ4v) is 0.869. The van der Waals surface area contributed by atoms with Crippen molar-refractivity contribution in [3.05, 3.63) is 18.0 Å². The summed E-state index contributed by atoms with van der Waals surface area (Å²) in [4.78, 5) is 13.7. The molecule has 0 aliphatic carbocycles. The number of aromatic hydroxyl groups is 1. The van der Waals surface area contributed by atoms with Gasteiger partial charge in [0.25, 0.3) is 0 Å². The van der Waals surface area contributed by atoms with Crippen LogP contribution in [0.1, 0.15) is 10.5 Å². The molecule has 1 aromatic heterocycles. The molecule has 0 amide bonds. The van der Waals surface area contributed by atoms with Crippen molar-refractivity contribution in [2.75, 3.05) is 6.61 Å². The first-order valence-corrected chi connectivity index (χ1v) is 3.92. The van der Waals surface area contributed by atoms with Crippen LogP contribution in [0.5, 0.6) is 11.5 Å². The lowest BCUT2D eigenvalue weighted by Gasteiger charge is -2.10. The van der Waals surface area contributed by atoms with Gasteiger partial charge in [0.2, 0.25) is 0 Å². The lowest BCUT2D eigenvalue weighted by atomic mass is 10.3. The monoisotopic (exact) mass is 237 g/mol. The normalized spacial score (nSPS) is 11.2. The highest BCUT2D eigenvalue weighted by molar-refractivity contribution is 5.89. The van der Waals surface area contributed by atoms with E-state index in [9.17, 15) is 23.1 Å². The maximum Gasteiger partial charge on any atom is 0.422 e. The Bertz CT molecular complexity index is 405. The van der Waals surface area contributed by atoms with Gasteiger partial charge in [-0.1, -0.05) is 0 Å². The predicted octanol–water partition coefficient (Wildman–Crippen LogP) is 1.43. The molecule has 0 saturated carbocycles. The lowest BCUT2D eigenvalue weighted by molar-refractivity contribution is -0.153. The van der Waals surface area contributed by atoms with Crippen molar-refractivity contribution in [2.24, 2.45) is 0 Å².